The second kappa shape index (κ2) is 9.01. The van der Waals surface area contributed by atoms with Crippen molar-refractivity contribution in [3.63, 3.8) is 0 Å². The number of anilines is 1. The van der Waals surface area contributed by atoms with Gasteiger partial charge in [-0.1, -0.05) is 6.07 Å². The molecule has 1 fully saturated rings. The smallest absolute Gasteiger partial charge is 0.220 e. The van der Waals surface area contributed by atoms with E-state index in [9.17, 15) is 13.2 Å². The first-order chi connectivity index (χ1) is 13.0. The molecule has 27 heavy (non-hydrogen) atoms. The Bertz CT molecular complexity index is 816. The van der Waals surface area contributed by atoms with E-state index in [0.717, 1.165) is 11.6 Å². The van der Waals surface area contributed by atoms with Crippen LogP contribution in [0.1, 0.15) is 12.2 Å². The van der Waals surface area contributed by atoms with Gasteiger partial charge in [-0.3, -0.25) is 4.79 Å². The molecule has 0 aliphatic carbocycles. The van der Waals surface area contributed by atoms with E-state index in [1.54, 1.807) is 18.5 Å². The Hall–Kier alpha value is -2.39. The van der Waals surface area contributed by atoms with Crippen molar-refractivity contribution in [1.82, 2.24) is 14.6 Å². The monoisotopic (exact) mass is 392 g/mol. The first-order valence-corrected chi connectivity index (χ1v) is 10.6. The molecule has 0 radical (unpaired) electrons. The number of sulfonamides is 1. The Labute approximate surface area is 159 Å². The summed E-state index contributed by atoms with van der Waals surface area (Å²) < 4.78 is 31.6. The van der Waals surface area contributed by atoms with Gasteiger partial charge < -0.3 is 14.6 Å². The van der Waals surface area contributed by atoms with Crippen LogP contribution in [0.15, 0.2) is 47.2 Å². The fourth-order valence-corrected chi connectivity index (χ4v) is 4.30. The van der Waals surface area contributed by atoms with Crippen molar-refractivity contribution in [2.75, 3.05) is 43.4 Å². The lowest BCUT2D eigenvalue weighted by molar-refractivity contribution is -0.121. The molecular formula is C18H24N4O4S. The maximum atomic E-state index is 12.5. The van der Waals surface area contributed by atoms with Gasteiger partial charge >= 0.3 is 0 Å². The maximum Gasteiger partial charge on any atom is 0.220 e. The van der Waals surface area contributed by atoms with Gasteiger partial charge in [0.1, 0.15) is 11.6 Å². The molecule has 2 aromatic rings. The fourth-order valence-electron chi connectivity index (χ4n) is 2.96. The van der Waals surface area contributed by atoms with Crippen molar-refractivity contribution in [3.8, 4) is 0 Å². The number of aryl methyl sites for hydroxylation is 1. The quantitative estimate of drug-likeness (QED) is 0.716. The van der Waals surface area contributed by atoms with Gasteiger partial charge in [0, 0.05) is 51.8 Å². The second-order valence-electron chi connectivity index (χ2n) is 6.32. The number of furan rings is 1. The van der Waals surface area contributed by atoms with Gasteiger partial charge in [-0.25, -0.2) is 13.4 Å². The van der Waals surface area contributed by atoms with Gasteiger partial charge in [0.05, 0.1) is 12.0 Å². The highest BCUT2D eigenvalue weighted by atomic mass is 32.2. The van der Waals surface area contributed by atoms with E-state index in [0.29, 0.717) is 32.6 Å². The number of pyridine rings is 1. The summed E-state index contributed by atoms with van der Waals surface area (Å²) in [6.45, 7) is 2.16. The lowest BCUT2D eigenvalue weighted by Crippen LogP contribution is -2.50. The molecule has 9 heteroatoms. The van der Waals surface area contributed by atoms with Crippen LogP contribution in [0.2, 0.25) is 0 Å². The molecule has 0 bridgehead atoms. The number of hydrogen-bond donors (Lipinski definition) is 1. The van der Waals surface area contributed by atoms with Gasteiger partial charge in [-0.05, 0) is 24.3 Å². The van der Waals surface area contributed by atoms with Crippen LogP contribution in [0.3, 0.4) is 0 Å². The van der Waals surface area contributed by atoms with Crippen LogP contribution in [0.25, 0.3) is 0 Å². The lowest BCUT2D eigenvalue weighted by atomic mass is 10.2. The average molecular weight is 392 g/mol. The van der Waals surface area contributed by atoms with Crippen molar-refractivity contribution < 1.29 is 17.6 Å². The molecule has 8 nitrogen and oxygen atoms in total. The summed E-state index contributed by atoms with van der Waals surface area (Å²) in [6, 6.07) is 9.27. The number of nitrogens with one attached hydrogen (secondary N) is 1. The first kappa shape index (κ1) is 19.4. The third-order valence-corrected chi connectivity index (χ3v) is 6.34. The molecule has 2 aromatic heterocycles. The first-order valence-electron chi connectivity index (χ1n) is 8.97. The number of rotatable bonds is 8. The van der Waals surface area contributed by atoms with Crippen molar-refractivity contribution in [2.45, 2.75) is 12.8 Å². The summed E-state index contributed by atoms with van der Waals surface area (Å²) in [7, 11) is -3.39. The van der Waals surface area contributed by atoms with Crippen molar-refractivity contribution in [2.24, 2.45) is 0 Å². The van der Waals surface area contributed by atoms with E-state index in [-0.39, 0.29) is 24.6 Å². The number of nitrogens with zero attached hydrogens (tertiary/aromatic N) is 3. The van der Waals surface area contributed by atoms with E-state index in [1.165, 1.54) is 4.31 Å². The maximum absolute atomic E-state index is 12.5. The van der Waals surface area contributed by atoms with Crippen LogP contribution in [0.4, 0.5) is 5.82 Å². The third-order valence-electron chi connectivity index (χ3n) is 4.47. The number of carbonyl (C=O) groups excluding carboxylic acids is 1. The van der Waals surface area contributed by atoms with Crippen LogP contribution < -0.4 is 10.2 Å². The third kappa shape index (κ3) is 5.54. The number of carbonyl (C=O) groups is 1. The highest BCUT2D eigenvalue weighted by Crippen LogP contribution is 2.14. The van der Waals surface area contributed by atoms with Crippen LogP contribution in [0.5, 0.6) is 0 Å². The molecular weight excluding hydrogens is 368 g/mol. The summed E-state index contributed by atoms with van der Waals surface area (Å²) in [6.07, 6.45) is 4.07. The molecule has 0 unspecified atom stereocenters. The van der Waals surface area contributed by atoms with Gasteiger partial charge in [0.25, 0.3) is 0 Å². The molecule has 0 saturated carbocycles. The highest BCUT2D eigenvalue weighted by Gasteiger charge is 2.27. The Morgan fingerprint density at radius 1 is 1.15 bits per heavy atom. The molecule has 3 heterocycles. The van der Waals surface area contributed by atoms with Crippen LogP contribution in [-0.4, -0.2) is 62.1 Å². The SMILES string of the molecule is O=C(CCc1ccco1)NCCS(=O)(=O)N1CCN(c2ccccn2)CC1. The standard InChI is InChI=1S/C18H24N4O4S/c23-18(7-6-16-4-3-14-26-16)20-9-15-27(24,25)22-12-10-21(11-13-22)17-5-1-2-8-19-17/h1-5,8,14H,6-7,9-13,15H2,(H,20,23). The summed E-state index contributed by atoms with van der Waals surface area (Å²) in [5.74, 6) is 1.33. The Morgan fingerprint density at radius 2 is 1.96 bits per heavy atom. The lowest BCUT2D eigenvalue weighted by Gasteiger charge is -2.34. The zero-order valence-corrected chi connectivity index (χ0v) is 15.9. The molecule has 146 valence electrons. The molecule has 1 aliphatic rings. The largest absolute Gasteiger partial charge is 0.469 e. The van der Waals surface area contributed by atoms with E-state index in [2.05, 4.69) is 15.2 Å². The van der Waals surface area contributed by atoms with E-state index in [1.807, 2.05) is 24.3 Å². The molecule has 1 saturated heterocycles. The number of amides is 1. The molecule has 0 spiro atoms. The van der Waals surface area contributed by atoms with Crippen LogP contribution in [-0.2, 0) is 21.2 Å². The van der Waals surface area contributed by atoms with Crippen LogP contribution in [0, 0.1) is 0 Å². The highest BCUT2D eigenvalue weighted by molar-refractivity contribution is 7.89. The van der Waals surface area contributed by atoms with E-state index in [4.69, 9.17) is 4.42 Å². The Morgan fingerprint density at radius 3 is 2.63 bits per heavy atom. The number of piperazine rings is 1. The summed E-state index contributed by atoms with van der Waals surface area (Å²) in [5, 5.41) is 2.67. The summed E-state index contributed by atoms with van der Waals surface area (Å²) in [4.78, 5) is 18.2. The minimum Gasteiger partial charge on any atom is -0.469 e. The van der Waals surface area contributed by atoms with Crippen molar-refractivity contribution >= 4 is 21.7 Å². The van der Waals surface area contributed by atoms with Gasteiger partial charge in [-0.2, -0.15) is 4.31 Å². The minimum absolute atomic E-state index is 0.0942. The molecule has 1 amide bonds. The molecule has 1 aliphatic heterocycles. The Kier molecular flexibility index (Phi) is 6.46. The van der Waals surface area contributed by atoms with Gasteiger partial charge in [-0.15, -0.1) is 0 Å². The second-order valence-corrected chi connectivity index (χ2v) is 8.41. The minimum atomic E-state index is -3.39. The fraction of sp³-hybridized carbons (Fsp3) is 0.444. The van der Waals surface area contributed by atoms with Gasteiger partial charge in [0.2, 0.25) is 15.9 Å². The predicted octanol–water partition coefficient (Wildman–Crippen LogP) is 0.875. The Balaban J connectivity index is 1.39. The van der Waals surface area contributed by atoms with Crippen LogP contribution >= 0.6 is 0 Å². The van der Waals surface area contributed by atoms with Crippen molar-refractivity contribution in [3.05, 3.63) is 48.6 Å². The van der Waals surface area contributed by atoms with E-state index < -0.39 is 10.0 Å². The van der Waals surface area contributed by atoms with E-state index >= 15 is 0 Å². The molecule has 1 N–H and O–H groups in total. The van der Waals surface area contributed by atoms with Crippen molar-refractivity contribution in [1.29, 1.82) is 0 Å². The number of hydrogen-bond acceptors (Lipinski definition) is 6. The number of aromatic nitrogens is 1. The average Bonchev–Trinajstić information content (AvgIpc) is 3.21. The molecule has 0 atom stereocenters. The zero-order valence-electron chi connectivity index (χ0n) is 15.1. The summed E-state index contributed by atoms with van der Waals surface area (Å²) >= 11 is 0. The normalized spacial score (nSPS) is 15.6. The zero-order chi connectivity index (χ0) is 19.1. The van der Waals surface area contributed by atoms with Gasteiger partial charge in [0.15, 0.2) is 0 Å². The predicted molar refractivity (Wildman–Crippen MR) is 102 cm³/mol. The molecule has 3 rings (SSSR count). The molecule has 0 aromatic carbocycles. The summed E-state index contributed by atoms with van der Waals surface area (Å²) in [5.41, 5.74) is 0. The topological polar surface area (TPSA) is 95.7 Å².